The fourth-order valence-electron chi connectivity index (χ4n) is 2.13. The van der Waals surface area contributed by atoms with Crippen molar-refractivity contribution in [1.29, 1.82) is 0 Å². The second-order valence-electron chi connectivity index (χ2n) is 5.03. The first-order chi connectivity index (χ1) is 12.0. The third-order valence-electron chi connectivity index (χ3n) is 3.28. The number of carbonyl (C=O) groups is 1. The Balaban J connectivity index is 1.74. The van der Waals surface area contributed by atoms with Gasteiger partial charge in [0.05, 0.1) is 27.8 Å². The number of amides is 1. The fourth-order valence-corrected chi connectivity index (χ4v) is 2.13. The van der Waals surface area contributed by atoms with Gasteiger partial charge in [-0.15, -0.1) is 0 Å². The van der Waals surface area contributed by atoms with Crippen molar-refractivity contribution in [1.82, 2.24) is 9.97 Å². The van der Waals surface area contributed by atoms with E-state index in [4.69, 9.17) is 0 Å². The zero-order valence-electron chi connectivity index (χ0n) is 12.7. The van der Waals surface area contributed by atoms with Crippen LogP contribution < -0.4 is 5.32 Å². The number of anilines is 1. The highest BCUT2D eigenvalue weighted by Gasteiger charge is 2.14. The first kappa shape index (κ1) is 16.2. The molecule has 1 N–H and O–H groups in total. The highest BCUT2D eigenvalue weighted by molar-refractivity contribution is 6.02. The van der Waals surface area contributed by atoms with E-state index >= 15 is 0 Å². The number of carbonyl (C=O) groups excluding carboxylic acids is 1. The molecular formula is C17H11FN4O3. The molecule has 2 aromatic carbocycles. The first-order valence-electron chi connectivity index (χ1n) is 7.18. The molecule has 0 saturated carbocycles. The minimum Gasteiger partial charge on any atom is -0.322 e. The van der Waals surface area contributed by atoms with Gasteiger partial charge in [0.25, 0.3) is 0 Å². The number of hydrogen-bond donors (Lipinski definition) is 1. The van der Waals surface area contributed by atoms with Crippen molar-refractivity contribution < 1.29 is 14.1 Å². The Bertz CT molecular complexity index is 1000. The van der Waals surface area contributed by atoms with E-state index < -0.39 is 22.3 Å². The van der Waals surface area contributed by atoms with Gasteiger partial charge in [-0.25, -0.2) is 4.98 Å². The van der Waals surface area contributed by atoms with Crippen LogP contribution in [-0.2, 0) is 4.79 Å². The molecule has 0 radical (unpaired) electrons. The van der Waals surface area contributed by atoms with Crippen LogP contribution in [0.1, 0.15) is 5.69 Å². The van der Waals surface area contributed by atoms with Gasteiger partial charge >= 0.3 is 5.69 Å². The zero-order chi connectivity index (χ0) is 17.8. The molecule has 25 heavy (non-hydrogen) atoms. The number of benzene rings is 2. The number of halogens is 1. The normalized spacial score (nSPS) is 10.9. The second kappa shape index (κ2) is 6.83. The molecule has 124 valence electrons. The molecule has 7 nitrogen and oxygen atoms in total. The van der Waals surface area contributed by atoms with Crippen molar-refractivity contribution in [3.8, 4) is 0 Å². The van der Waals surface area contributed by atoms with Gasteiger partial charge in [-0.2, -0.15) is 4.39 Å². The molecule has 8 heteroatoms. The number of nitro benzene ring substituents is 1. The predicted octanol–water partition coefficient (Wildman–Crippen LogP) is 3.33. The van der Waals surface area contributed by atoms with E-state index in [0.717, 1.165) is 17.6 Å². The van der Waals surface area contributed by atoms with E-state index in [9.17, 15) is 19.3 Å². The standard InChI is InChI=1S/C17H11FN4O3/c18-13-7-5-11(9-16(13)22(24)25)21-17(23)8-6-12-10-19-14-3-1-2-4-15(14)20-12/h1-10H,(H,21,23). The lowest BCUT2D eigenvalue weighted by Gasteiger charge is -2.02. The number of nitro groups is 1. The maximum absolute atomic E-state index is 13.3. The van der Waals surface area contributed by atoms with Crippen LogP contribution in [-0.4, -0.2) is 20.8 Å². The summed E-state index contributed by atoms with van der Waals surface area (Å²) in [5.41, 5.74) is 1.33. The monoisotopic (exact) mass is 338 g/mol. The maximum Gasteiger partial charge on any atom is 0.306 e. The Hall–Kier alpha value is -3.68. The van der Waals surface area contributed by atoms with Crippen LogP contribution in [0.3, 0.4) is 0 Å². The van der Waals surface area contributed by atoms with E-state index in [1.165, 1.54) is 24.4 Å². The van der Waals surface area contributed by atoms with Crippen LogP contribution in [0.15, 0.2) is 54.7 Å². The molecule has 0 fully saturated rings. The lowest BCUT2D eigenvalue weighted by molar-refractivity contribution is -0.387. The van der Waals surface area contributed by atoms with Crippen molar-refractivity contribution in [2.24, 2.45) is 0 Å². The molecule has 0 bridgehead atoms. The molecule has 0 aliphatic rings. The molecule has 1 heterocycles. The number of para-hydroxylation sites is 2. The van der Waals surface area contributed by atoms with Crippen LogP contribution in [0, 0.1) is 15.9 Å². The summed E-state index contributed by atoms with van der Waals surface area (Å²) in [6.45, 7) is 0. The van der Waals surface area contributed by atoms with Gasteiger partial charge < -0.3 is 5.32 Å². The molecule has 3 aromatic rings. The molecule has 3 rings (SSSR count). The van der Waals surface area contributed by atoms with Crippen LogP contribution >= 0.6 is 0 Å². The van der Waals surface area contributed by atoms with Gasteiger partial charge in [0.2, 0.25) is 11.7 Å². The Labute approximate surface area is 141 Å². The molecular weight excluding hydrogens is 327 g/mol. The smallest absolute Gasteiger partial charge is 0.306 e. The van der Waals surface area contributed by atoms with Gasteiger partial charge in [0.1, 0.15) is 0 Å². The summed E-state index contributed by atoms with van der Waals surface area (Å²) in [6.07, 6.45) is 4.20. The molecule has 0 spiro atoms. The van der Waals surface area contributed by atoms with Gasteiger partial charge in [-0.05, 0) is 30.3 Å². The van der Waals surface area contributed by atoms with E-state index in [0.29, 0.717) is 11.2 Å². The largest absolute Gasteiger partial charge is 0.322 e. The van der Waals surface area contributed by atoms with Gasteiger partial charge in [0, 0.05) is 17.8 Å². The summed E-state index contributed by atoms with van der Waals surface area (Å²) in [5.74, 6) is -1.50. The average molecular weight is 338 g/mol. The van der Waals surface area contributed by atoms with Gasteiger partial charge in [-0.1, -0.05) is 12.1 Å². The highest BCUT2D eigenvalue weighted by Crippen LogP contribution is 2.21. The maximum atomic E-state index is 13.3. The number of nitrogens with zero attached hydrogens (tertiary/aromatic N) is 3. The molecule has 0 aliphatic carbocycles. The lowest BCUT2D eigenvalue weighted by atomic mass is 10.2. The topological polar surface area (TPSA) is 98.0 Å². The summed E-state index contributed by atoms with van der Waals surface area (Å²) in [5, 5.41) is 13.1. The molecule has 0 unspecified atom stereocenters. The van der Waals surface area contributed by atoms with Gasteiger partial charge in [0.15, 0.2) is 0 Å². The summed E-state index contributed by atoms with van der Waals surface area (Å²) < 4.78 is 13.3. The van der Waals surface area contributed by atoms with Gasteiger partial charge in [-0.3, -0.25) is 19.9 Å². The predicted molar refractivity (Wildman–Crippen MR) is 90.3 cm³/mol. The summed E-state index contributed by atoms with van der Waals surface area (Å²) in [6, 6.07) is 10.4. The quantitative estimate of drug-likeness (QED) is 0.447. The Kier molecular flexibility index (Phi) is 4.42. The molecule has 1 aromatic heterocycles. The SMILES string of the molecule is O=C(C=Cc1cnc2ccccc2n1)Nc1ccc(F)c([N+](=O)[O-])c1. The second-order valence-corrected chi connectivity index (χ2v) is 5.03. The Morgan fingerprint density at radius 2 is 1.96 bits per heavy atom. The first-order valence-corrected chi connectivity index (χ1v) is 7.18. The lowest BCUT2D eigenvalue weighted by Crippen LogP contribution is -2.08. The Morgan fingerprint density at radius 1 is 1.20 bits per heavy atom. The van der Waals surface area contributed by atoms with E-state index in [1.54, 1.807) is 6.07 Å². The average Bonchev–Trinajstić information content (AvgIpc) is 2.61. The Morgan fingerprint density at radius 3 is 2.72 bits per heavy atom. The number of aromatic nitrogens is 2. The molecule has 0 atom stereocenters. The van der Waals surface area contributed by atoms with E-state index in [1.807, 2.05) is 18.2 Å². The third kappa shape index (κ3) is 3.81. The minimum absolute atomic E-state index is 0.118. The minimum atomic E-state index is -0.968. The number of nitrogens with one attached hydrogen (secondary N) is 1. The number of hydrogen-bond acceptors (Lipinski definition) is 5. The van der Waals surface area contributed by atoms with Crippen LogP contribution in [0.2, 0.25) is 0 Å². The zero-order valence-corrected chi connectivity index (χ0v) is 12.7. The van der Waals surface area contributed by atoms with Crippen molar-refractivity contribution in [2.75, 3.05) is 5.32 Å². The fraction of sp³-hybridized carbons (Fsp3) is 0. The molecule has 0 aliphatic heterocycles. The van der Waals surface area contributed by atoms with Crippen LogP contribution in [0.25, 0.3) is 17.1 Å². The number of rotatable bonds is 4. The van der Waals surface area contributed by atoms with Crippen LogP contribution in [0.4, 0.5) is 15.8 Å². The van der Waals surface area contributed by atoms with Crippen molar-refractivity contribution in [3.63, 3.8) is 0 Å². The van der Waals surface area contributed by atoms with Crippen molar-refractivity contribution in [2.45, 2.75) is 0 Å². The van der Waals surface area contributed by atoms with E-state index in [-0.39, 0.29) is 5.69 Å². The molecule has 0 saturated heterocycles. The molecule has 1 amide bonds. The number of fused-ring (bicyclic) bond motifs is 1. The summed E-state index contributed by atoms with van der Waals surface area (Å²) >= 11 is 0. The third-order valence-corrected chi connectivity index (χ3v) is 3.28. The van der Waals surface area contributed by atoms with Crippen molar-refractivity contribution in [3.05, 3.63) is 76.4 Å². The summed E-state index contributed by atoms with van der Waals surface area (Å²) in [7, 11) is 0. The van der Waals surface area contributed by atoms with Crippen LogP contribution in [0.5, 0.6) is 0 Å². The highest BCUT2D eigenvalue weighted by atomic mass is 19.1. The summed E-state index contributed by atoms with van der Waals surface area (Å²) in [4.78, 5) is 30.3. The van der Waals surface area contributed by atoms with Crippen molar-refractivity contribution >= 4 is 34.4 Å². The van der Waals surface area contributed by atoms with E-state index in [2.05, 4.69) is 15.3 Å².